The molecule has 1 aromatic rings. The fraction of sp³-hybridized carbons (Fsp3) is 0.714. The van der Waals surface area contributed by atoms with E-state index in [0.717, 1.165) is 18.6 Å². The van der Waals surface area contributed by atoms with Gasteiger partial charge in [-0.15, -0.1) is 0 Å². The molecule has 0 aliphatic rings. The zero-order chi connectivity index (χ0) is 9.68. The van der Waals surface area contributed by atoms with Crippen molar-refractivity contribution in [1.29, 1.82) is 0 Å². The summed E-state index contributed by atoms with van der Waals surface area (Å²) >= 11 is 6.74. The van der Waals surface area contributed by atoms with Crippen LogP contribution >= 0.6 is 24.0 Å². The molecule has 0 saturated heterocycles. The van der Waals surface area contributed by atoms with Gasteiger partial charge >= 0.3 is 5.69 Å². The first-order valence-electron chi connectivity index (χ1n) is 4.12. The number of nitrogens with zero attached hydrogens (tertiary/aromatic N) is 1. The van der Waals surface area contributed by atoms with Crippen molar-refractivity contribution in [2.75, 3.05) is 12.0 Å². The standard InChI is InChI=1S/C7H13N3OS2/c1-13-5-3-2-4-10-6(11)8-9-7(10)12/h2-5H2,1H3,(H,8,11)(H,9,12). The highest BCUT2D eigenvalue weighted by atomic mass is 32.2. The first-order valence-corrected chi connectivity index (χ1v) is 5.92. The molecular formula is C7H13N3OS2. The lowest BCUT2D eigenvalue weighted by molar-refractivity contribution is 0.611. The quantitative estimate of drug-likeness (QED) is 0.581. The Morgan fingerprint density at radius 1 is 1.46 bits per heavy atom. The van der Waals surface area contributed by atoms with Gasteiger partial charge in [0.2, 0.25) is 0 Å². The highest BCUT2D eigenvalue weighted by Crippen LogP contribution is 2.00. The molecule has 0 aromatic carbocycles. The second-order valence-electron chi connectivity index (χ2n) is 2.71. The third-order valence-corrected chi connectivity index (χ3v) is 2.77. The molecule has 1 heterocycles. The third kappa shape index (κ3) is 3.04. The number of aromatic amines is 2. The van der Waals surface area contributed by atoms with Crippen molar-refractivity contribution in [3.63, 3.8) is 0 Å². The summed E-state index contributed by atoms with van der Waals surface area (Å²) in [5.74, 6) is 1.13. The lowest BCUT2D eigenvalue weighted by Gasteiger charge is -1.98. The molecule has 0 radical (unpaired) electrons. The van der Waals surface area contributed by atoms with Crippen LogP contribution in [-0.2, 0) is 6.54 Å². The Bertz CT molecular complexity index is 324. The molecule has 6 heteroatoms. The molecule has 0 fully saturated rings. The second-order valence-corrected chi connectivity index (χ2v) is 4.08. The van der Waals surface area contributed by atoms with Crippen LogP contribution in [0.5, 0.6) is 0 Å². The normalized spacial score (nSPS) is 10.5. The number of hydrogen-bond donors (Lipinski definition) is 2. The summed E-state index contributed by atoms with van der Waals surface area (Å²) in [6.45, 7) is 0.707. The number of unbranched alkanes of at least 4 members (excludes halogenated alkanes) is 1. The van der Waals surface area contributed by atoms with Gasteiger partial charge in [-0.2, -0.15) is 11.8 Å². The van der Waals surface area contributed by atoms with Crippen LogP contribution in [0.3, 0.4) is 0 Å². The predicted molar refractivity (Wildman–Crippen MR) is 57.9 cm³/mol. The number of rotatable bonds is 5. The van der Waals surface area contributed by atoms with Gasteiger partial charge in [0.25, 0.3) is 0 Å². The predicted octanol–water partition coefficient (Wildman–Crippen LogP) is 1.38. The molecule has 0 atom stereocenters. The number of H-pyrrole nitrogens is 2. The minimum absolute atomic E-state index is 0.144. The average Bonchev–Trinajstić information content (AvgIpc) is 2.42. The van der Waals surface area contributed by atoms with Gasteiger partial charge in [-0.05, 0) is 37.1 Å². The molecule has 1 rings (SSSR count). The molecule has 0 saturated carbocycles. The summed E-state index contributed by atoms with van der Waals surface area (Å²) in [5.41, 5.74) is -0.144. The third-order valence-electron chi connectivity index (χ3n) is 1.75. The van der Waals surface area contributed by atoms with E-state index in [2.05, 4.69) is 16.5 Å². The second kappa shape index (κ2) is 5.29. The van der Waals surface area contributed by atoms with Crippen LogP contribution in [0, 0.1) is 4.77 Å². The van der Waals surface area contributed by atoms with Crippen molar-refractivity contribution in [2.45, 2.75) is 19.4 Å². The van der Waals surface area contributed by atoms with Crippen molar-refractivity contribution in [2.24, 2.45) is 0 Å². The topological polar surface area (TPSA) is 53.6 Å². The summed E-state index contributed by atoms with van der Waals surface area (Å²) in [7, 11) is 0. The largest absolute Gasteiger partial charge is 0.342 e. The van der Waals surface area contributed by atoms with Crippen molar-refractivity contribution < 1.29 is 0 Å². The Hall–Kier alpha value is -0.490. The molecule has 4 nitrogen and oxygen atoms in total. The molecule has 2 N–H and O–H groups in total. The Morgan fingerprint density at radius 3 is 2.77 bits per heavy atom. The average molecular weight is 219 g/mol. The first-order chi connectivity index (χ1) is 6.25. The number of hydrogen-bond acceptors (Lipinski definition) is 3. The maximum Gasteiger partial charge on any atom is 0.342 e. The molecule has 1 aromatic heterocycles. The molecule has 13 heavy (non-hydrogen) atoms. The Morgan fingerprint density at radius 2 is 2.23 bits per heavy atom. The van der Waals surface area contributed by atoms with E-state index in [1.54, 1.807) is 4.57 Å². The van der Waals surface area contributed by atoms with Crippen LogP contribution in [0.2, 0.25) is 0 Å². The molecule has 0 aliphatic heterocycles. The van der Waals surface area contributed by atoms with E-state index in [4.69, 9.17) is 12.2 Å². The minimum Gasteiger partial charge on any atom is -0.272 e. The minimum atomic E-state index is -0.144. The Balaban J connectivity index is 2.45. The zero-order valence-corrected chi connectivity index (χ0v) is 9.13. The van der Waals surface area contributed by atoms with E-state index in [1.165, 1.54) is 0 Å². The van der Waals surface area contributed by atoms with Crippen molar-refractivity contribution in [3.05, 3.63) is 15.3 Å². The number of nitrogens with one attached hydrogen (secondary N) is 2. The van der Waals surface area contributed by atoms with Gasteiger partial charge in [-0.1, -0.05) is 0 Å². The van der Waals surface area contributed by atoms with Crippen LogP contribution in [0.25, 0.3) is 0 Å². The van der Waals surface area contributed by atoms with E-state index < -0.39 is 0 Å². The molecule has 74 valence electrons. The number of aromatic nitrogens is 3. The van der Waals surface area contributed by atoms with Crippen molar-refractivity contribution in [3.8, 4) is 0 Å². The van der Waals surface area contributed by atoms with E-state index in [0.29, 0.717) is 11.3 Å². The molecule has 0 unspecified atom stereocenters. The van der Waals surface area contributed by atoms with Gasteiger partial charge in [0.15, 0.2) is 4.77 Å². The maximum atomic E-state index is 11.1. The van der Waals surface area contributed by atoms with Gasteiger partial charge in [0, 0.05) is 6.54 Å². The summed E-state index contributed by atoms with van der Waals surface area (Å²) in [6, 6.07) is 0. The summed E-state index contributed by atoms with van der Waals surface area (Å²) in [4.78, 5) is 11.1. The van der Waals surface area contributed by atoms with Crippen LogP contribution < -0.4 is 5.69 Å². The zero-order valence-electron chi connectivity index (χ0n) is 7.50. The van der Waals surface area contributed by atoms with E-state index in [-0.39, 0.29) is 5.69 Å². The van der Waals surface area contributed by atoms with Gasteiger partial charge in [-0.3, -0.25) is 9.67 Å². The summed E-state index contributed by atoms with van der Waals surface area (Å²) < 4.78 is 2.03. The molecule has 0 amide bonds. The van der Waals surface area contributed by atoms with Gasteiger partial charge < -0.3 is 0 Å². The van der Waals surface area contributed by atoms with Crippen LogP contribution in [-0.4, -0.2) is 26.8 Å². The monoisotopic (exact) mass is 219 g/mol. The highest BCUT2D eigenvalue weighted by Gasteiger charge is 1.98. The van der Waals surface area contributed by atoms with Crippen LogP contribution in [0.4, 0.5) is 0 Å². The highest BCUT2D eigenvalue weighted by molar-refractivity contribution is 7.98. The van der Waals surface area contributed by atoms with E-state index in [1.807, 2.05) is 11.8 Å². The number of thioether (sulfide) groups is 1. The fourth-order valence-corrected chi connectivity index (χ4v) is 1.77. The summed E-state index contributed by atoms with van der Waals surface area (Å²) in [6.07, 6.45) is 4.19. The molecule has 0 spiro atoms. The van der Waals surface area contributed by atoms with Crippen LogP contribution in [0.1, 0.15) is 12.8 Å². The van der Waals surface area contributed by atoms with Gasteiger partial charge in [0.05, 0.1) is 0 Å². The Kier molecular flexibility index (Phi) is 4.31. The lowest BCUT2D eigenvalue weighted by atomic mass is 10.3. The molecule has 0 aliphatic carbocycles. The van der Waals surface area contributed by atoms with Crippen molar-refractivity contribution in [1.82, 2.24) is 14.8 Å². The summed E-state index contributed by atoms with van der Waals surface area (Å²) in [5, 5.41) is 5.06. The van der Waals surface area contributed by atoms with Crippen LogP contribution in [0.15, 0.2) is 4.79 Å². The maximum absolute atomic E-state index is 11.1. The molecule has 0 bridgehead atoms. The van der Waals surface area contributed by atoms with Gasteiger partial charge in [0.1, 0.15) is 0 Å². The van der Waals surface area contributed by atoms with Gasteiger partial charge in [-0.25, -0.2) is 9.89 Å². The van der Waals surface area contributed by atoms with E-state index in [9.17, 15) is 4.79 Å². The fourth-order valence-electron chi connectivity index (χ4n) is 1.05. The van der Waals surface area contributed by atoms with Crippen molar-refractivity contribution >= 4 is 24.0 Å². The Labute approximate surface area is 85.7 Å². The molecular weight excluding hydrogens is 206 g/mol. The van der Waals surface area contributed by atoms with E-state index >= 15 is 0 Å². The first kappa shape index (κ1) is 10.6. The lowest BCUT2D eigenvalue weighted by Crippen LogP contribution is -2.17. The SMILES string of the molecule is CSCCCCn1c(=O)[nH][nH]c1=S. The smallest absolute Gasteiger partial charge is 0.272 e.